The number of amides is 1. The molecule has 0 atom stereocenters. The summed E-state index contributed by atoms with van der Waals surface area (Å²) < 4.78 is 13.2. The van der Waals surface area contributed by atoms with Crippen LogP contribution >= 0.6 is 11.3 Å². The number of hydrogen-bond donors (Lipinski definition) is 2. The molecule has 1 amide bonds. The van der Waals surface area contributed by atoms with E-state index in [1.165, 1.54) is 23.5 Å². The number of halogens is 1. The normalized spacial score (nSPS) is 10.6. The molecule has 0 saturated heterocycles. The van der Waals surface area contributed by atoms with Gasteiger partial charge < -0.3 is 10.6 Å². The number of rotatable bonds is 7. The lowest BCUT2D eigenvalue weighted by Gasteiger charge is -2.03. The molecule has 112 valence electrons. The van der Waals surface area contributed by atoms with Crippen molar-refractivity contribution >= 4 is 17.2 Å². The maximum atomic E-state index is 13.2. The maximum Gasteiger partial charge on any atom is 0.226 e. The molecule has 0 unspecified atom stereocenters. The molecule has 0 spiro atoms. The Balaban J connectivity index is 1.90. The standard InChI is InChI=1S/C15H18FN3OS/c1-17-6-3-7-18-14(20)9-13-10-21-15(19-13)11-4-2-5-12(16)8-11/h2,4-5,8,10,17H,3,6-7,9H2,1H3,(H,18,20). The van der Waals surface area contributed by atoms with E-state index in [-0.39, 0.29) is 18.1 Å². The number of nitrogens with one attached hydrogen (secondary N) is 2. The summed E-state index contributed by atoms with van der Waals surface area (Å²) in [5.74, 6) is -0.325. The molecule has 0 fully saturated rings. The second kappa shape index (κ2) is 7.85. The van der Waals surface area contributed by atoms with Crippen molar-refractivity contribution in [2.24, 2.45) is 0 Å². The van der Waals surface area contributed by atoms with E-state index < -0.39 is 0 Å². The number of hydrogen-bond acceptors (Lipinski definition) is 4. The molecule has 2 rings (SSSR count). The third kappa shape index (κ3) is 4.91. The summed E-state index contributed by atoms with van der Waals surface area (Å²) in [5, 5.41) is 8.44. The Bertz CT molecular complexity index is 600. The number of carbonyl (C=O) groups excluding carboxylic acids is 1. The van der Waals surface area contributed by atoms with E-state index in [2.05, 4.69) is 15.6 Å². The Morgan fingerprint density at radius 3 is 3.00 bits per heavy atom. The van der Waals surface area contributed by atoms with Gasteiger partial charge in [0.1, 0.15) is 10.8 Å². The Morgan fingerprint density at radius 2 is 2.24 bits per heavy atom. The molecule has 1 aromatic carbocycles. The van der Waals surface area contributed by atoms with E-state index >= 15 is 0 Å². The molecule has 0 bridgehead atoms. The van der Waals surface area contributed by atoms with Crippen molar-refractivity contribution in [1.82, 2.24) is 15.6 Å². The predicted octanol–water partition coefficient (Wildman–Crippen LogP) is 2.22. The molecule has 1 heterocycles. The van der Waals surface area contributed by atoms with Crippen LogP contribution in [0.4, 0.5) is 4.39 Å². The van der Waals surface area contributed by atoms with Crippen LogP contribution in [0.2, 0.25) is 0 Å². The average Bonchev–Trinajstić information content (AvgIpc) is 2.92. The maximum absolute atomic E-state index is 13.2. The molecule has 21 heavy (non-hydrogen) atoms. The van der Waals surface area contributed by atoms with Crippen LogP contribution in [-0.2, 0) is 11.2 Å². The molecule has 1 aromatic heterocycles. The zero-order valence-corrected chi connectivity index (χ0v) is 12.7. The summed E-state index contributed by atoms with van der Waals surface area (Å²) in [6.45, 7) is 1.53. The van der Waals surface area contributed by atoms with Crippen LogP contribution < -0.4 is 10.6 Å². The zero-order valence-electron chi connectivity index (χ0n) is 11.9. The van der Waals surface area contributed by atoms with Gasteiger partial charge in [0.15, 0.2) is 0 Å². The first kappa shape index (κ1) is 15.6. The first-order valence-corrected chi connectivity index (χ1v) is 7.68. The highest BCUT2D eigenvalue weighted by Crippen LogP contribution is 2.24. The number of benzene rings is 1. The highest BCUT2D eigenvalue weighted by molar-refractivity contribution is 7.13. The third-order valence-electron chi connectivity index (χ3n) is 2.89. The van der Waals surface area contributed by atoms with Crippen molar-refractivity contribution in [1.29, 1.82) is 0 Å². The quantitative estimate of drug-likeness (QED) is 0.771. The van der Waals surface area contributed by atoms with Crippen molar-refractivity contribution in [3.63, 3.8) is 0 Å². The topological polar surface area (TPSA) is 54.0 Å². The van der Waals surface area contributed by atoms with Crippen LogP contribution in [0.5, 0.6) is 0 Å². The lowest BCUT2D eigenvalue weighted by molar-refractivity contribution is -0.120. The lowest BCUT2D eigenvalue weighted by Crippen LogP contribution is -2.28. The fraction of sp³-hybridized carbons (Fsp3) is 0.333. The van der Waals surface area contributed by atoms with Gasteiger partial charge in [-0.2, -0.15) is 0 Å². The molecular formula is C15H18FN3OS. The summed E-state index contributed by atoms with van der Waals surface area (Å²) in [7, 11) is 1.88. The minimum absolute atomic E-state index is 0.0396. The number of carbonyl (C=O) groups is 1. The SMILES string of the molecule is CNCCCNC(=O)Cc1csc(-c2cccc(F)c2)n1. The van der Waals surface area contributed by atoms with E-state index in [1.807, 2.05) is 18.5 Å². The molecule has 6 heteroatoms. The number of thiazole rings is 1. The predicted molar refractivity (Wildman–Crippen MR) is 82.8 cm³/mol. The Hall–Kier alpha value is -1.79. The Labute approximate surface area is 127 Å². The van der Waals surface area contributed by atoms with Gasteiger partial charge >= 0.3 is 0 Å². The molecule has 0 radical (unpaired) electrons. The van der Waals surface area contributed by atoms with Crippen molar-refractivity contribution in [3.05, 3.63) is 41.2 Å². The summed E-state index contributed by atoms with van der Waals surface area (Å²) >= 11 is 1.42. The van der Waals surface area contributed by atoms with Gasteiger partial charge in [-0.15, -0.1) is 11.3 Å². The van der Waals surface area contributed by atoms with E-state index in [1.54, 1.807) is 6.07 Å². The smallest absolute Gasteiger partial charge is 0.226 e. The van der Waals surface area contributed by atoms with E-state index in [0.29, 0.717) is 12.2 Å². The van der Waals surface area contributed by atoms with Gasteiger partial charge in [0.25, 0.3) is 0 Å². The van der Waals surface area contributed by atoms with Crippen LogP contribution in [0.1, 0.15) is 12.1 Å². The fourth-order valence-corrected chi connectivity index (χ4v) is 2.68. The zero-order chi connectivity index (χ0) is 15.1. The van der Waals surface area contributed by atoms with Gasteiger partial charge in [-0.05, 0) is 32.1 Å². The summed E-state index contributed by atoms with van der Waals surface area (Å²) in [6.07, 6.45) is 1.15. The molecular weight excluding hydrogens is 289 g/mol. The van der Waals surface area contributed by atoms with Gasteiger partial charge in [0.2, 0.25) is 5.91 Å². The van der Waals surface area contributed by atoms with Gasteiger partial charge in [-0.1, -0.05) is 12.1 Å². The average molecular weight is 307 g/mol. The largest absolute Gasteiger partial charge is 0.356 e. The first-order valence-electron chi connectivity index (χ1n) is 6.80. The molecule has 2 N–H and O–H groups in total. The van der Waals surface area contributed by atoms with Gasteiger partial charge in [-0.25, -0.2) is 9.37 Å². The Kier molecular flexibility index (Phi) is 5.83. The van der Waals surface area contributed by atoms with Gasteiger partial charge in [0.05, 0.1) is 12.1 Å². The first-order chi connectivity index (χ1) is 10.2. The third-order valence-corrected chi connectivity index (χ3v) is 3.83. The van der Waals surface area contributed by atoms with Crippen molar-refractivity contribution < 1.29 is 9.18 Å². The van der Waals surface area contributed by atoms with Crippen LogP contribution in [0.25, 0.3) is 10.6 Å². The van der Waals surface area contributed by atoms with E-state index in [0.717, 1.165) is 23.5 Å². The molecule has 4 nitrogen and oxygen atoms in total. The van der Waals surface area contributed by atoms with E-state index in [4.69, 9.17) is 0 Å². The van der Waals surface area contributed by atoms with Crippen LogP contribution in [0.3, 0.4) is 0 Å². The fourth-order valence-electron chi connectivity index (χ4n) is 1.86. The molecule has 0 aliphatic carbocycles. The highest BCUT2D eigenvalue weighted by Gasteiger charge is 2.09. The molecule has 2 aromatic rings. The minimum atomic E-state index is -0.286. The summed E-state index contributed by atoms with van der Waals surface area (Å²) in [6, 6.07) is 6.31. The molecule has 0 saturated carbocycles. The second-order valence-corrected chi connectivity index (χ2v) is 5.50. The minimum Gasteiger partial charge on any atom is -0.356 e. The summed E-state index contributed by atoms with van der Waals surface area (Å²) in [5.41, 5.74) is 1.45. The van der Waals surface area contributed by atoms with Crippen molar-refractivity contribution in [2.75, 3.05) is 20.1 Å². The van der Waals surface area contributed by atoms with Gasteiger partial charge in [-0.3, -0.25) is 4.79 Å². The van der Waals surface area contributed by atoms with Gasteiger partial charge in [0, 0.05) is 17.5 Å². The monoisotopic (exact) mass is 307 g/mol. The molecule has 0 aliphatic heterocycles. The second-order valence-electron chi connectivity index (χ2n) is 4.64. The molecule has 0 aliphatic rings. The van der Waals surface area contributed by atoms with E-state index in [9.17, 15) is 9.18 Å². The van der Waals surface area contributed by atoms with Crippen molar-refractivity contribution in [3.8, 4) is 10.6 Å². The lowest BCUT2D eigenvalue weighted by atomic mass is 10.2. The highest BCUT2D eigenvalue weighted by atomic mass is 32.1. The number of nitrogens with zero attached hydrogens (tertiary/aromatic N) is 1. The van der Waals surface area contributed by atoms with Crippen LogP contribution in [0.15, 0.2) is 29.6 Å². The van der Waals surface area contributed by atoms with Crippen LogP contribution in [-0.4, -0.2) is 31.0 Å². The number of aromatic nitrogens is 1. The summed E-state index contributed by atoms with van der Waals surface area (Å²) in [4.78, 5) is 16.1. The van der Waals surface area contributed by atoms with Crippen molar-refractivity contribution in [2.45, 2.75) is 12.8 Å². The van der Waals surface area contributed by atoms with Crippen LogP contribution in [0, 0.1) is 5.82 Å². The Morgan fingerprint density at radius 1 is 1.38 bits per heavy atom.